The van der Waals surface area contributed by atoms with Crippen molar-refractivity contribution in [3.8, 4) is 5.75 Å². The van der Waals surface area contributed by atoms with Gasteiger partial charge in [-0.1, -0.05) is 0 Å². The molecule has 0 saturated carbocycles. The predicted octanol–water partition coefficient (Wildman–Crippen LogP) is 1.21. The zero-order valence-electron chi connectivity index (χ0n) is 9.42. The van der Waals surface area contributed by atoms with Crippen LogP contribution in [0.4, 0.5) is 5.69 Å². The Hall–Kier alpha value is -1.40. The molecule has 0 aliphatic heterocycles. The summed E-state index contributed by atoms with van der Waals surface area (Å²) in [6.45, 7) is 0. The number of aliphatic hydroxyl groups is 1. The average Bonchev–Trinajstić information content (AvgIpc) is 2.27. The number of nitrogens with two attached hydrogens (primary N) is 1. The molecular weight excluding hydrogens is 242 g/mol. The maximum atomic E-state index is 10.4. The summed E-state index contributed by atoms with van der Waals surface area (Å²) in [5.74, 6) is -0.0601. The van der Waals surface area contributed by atoms with Gasteiger partial charge in [0.2, 0.25) is 0 Å². The van der Waals surface area contributed by atoms with Gasteiger partial charge in [0.05, 0.1) is 19.6 Å². The van der Waals surface area contributed by atoms with Crippen molar-refractivity contribution in [2.75, 3.05) is 18.6 Å². The molecule has 0 heterocycles. The van der Waals surface area contributed by atoms with Crippen LogP contribution in [0.25, 0.3) is 0 Å². The first-order chi connectivity index (χ1) is 8.02. The van der Waals surface area contributed by atoms with Crippen molar-refractivity contribution in [3.05, 3.63) is 18.2 Å². The molecule has 0 aromatic heterocycles. The summed E-state index contributed by atoms with van der Waals surface area (Å²) in [5.41, 5.74) is 6.34. The molecule has 0 spiro atoms. The SMILES string of the molecule is COc1ccc(N)c(SCC(O)CC(=O)O)c1. The van der Waals surface area contributed by atoms with E-state index in [0.717, 1.165) is 4.90 Å². The lowest BCUT2D eigenvalue weighted by atomic mass is 10.3. The van der Waals surface area contributed by atoms with Crippen molar-refractivity contribution in [2.45, 2.75) is 17.4 Å². The molecule has 0 fully saturated rings. The summed E-state index contributed by atoms with van der Waals surface area (Å²) in [7, 11) is 1.55. The third kappa shape index (κ3) is 4.54. The number of hydrogen-bond donors (Lipinski definition) is 3. The maximum Gasteiger partial charge on any atom is 0.306 e. The number of methoxy groups -OCH3 is 1. The van der Waals surface area contributed by atoms with Gasteiger partial charge in [-0.2, -0.15) is 0 Å². The van der Waals surface area contributed by atoms with Crippen LogP contribution in [0, 0.1) is 0 Å². The number of thioether (sulfide) groups is 1. The van der Waals surface area contributed by atoms with E-state index in [0.29, 0.717) is 11.4 Å². The summed E-state index contributed by atoms with van der Waals surface area (Å²) in [6.07, 6.45) is -1.15. The Morgan fingerprint density at radius 3 is 2.88 bits per heavy atom. The Morgan fingerprint density at radius 1 is 1.59 bits per heavy atom. The van der Waals surface area contributed by atoms with Gasteiger partial charge >= 0.3 is 5.97 Å². The first-order valence-electron chi connectivity index (χ1n) is 4.99. The first kappa shape index (κ1) is 13.7. The second kappa shape index (κ2) is 6.36. The molecular formula is C11H15NO4S. The molecule has 0 saturated heterocycles. The quantitative estimate of drug-likeness (QED) is 0.524. The molecule has 1 unspecified atom stereocenters. The van der Waals surface area contributed by atoms with E-state index < -0.39 is 12.1 Å². The molecule has 0 aliphatic carbocycles. The van der Waals surface area contributed by atoms with Gasteiger partial charge in [0.15, 0.2) is 0 Å². The number of ether oxygens (including phenoxy) is 1. The van der Waals surface area contributed by atoms with Gasteiger partial charge in [0.25, 0.3) is 0 Å². The second-order valence-electron chi connectivity index (χ2n) is 3.47. The number of hydrogen-bond acceptors (Lipinski definition) is 5. The Labute approximate surface area is 104 Å². The molecule has 94 valence electrons. The van der Waals surface area contributed by atoms with Crippen molar-refractivity contribution in [1.29, 1.82) is 0 Å². The van der Waals surface area contributed by atoms with Crippen molar-refractivity contribution in [3.63, 3.8) is 0 Å². The Morgan fingerprint density at radius 2 is 2.29 bits per heavy atom. The normalized spacial score (nSPS) is 12.1. The van der Waals surface area contributed by atoms with Crippen LogP contribution in [0.2, 0.25) is 0 Å². The minimum Gasteiger partial charge on any atom is -0.497 e. The number of rotatable bonds is 6. The highest BCUT2D eigenvalue weighted by Crippen LogP contribution is 2.29. The summed E-state index contributed by atoms with van der Waals surface area (Å²) in [4.78, 5) is 11.1. The summed E-state index contributed by atoms with van der Waals surface area (Å²) in [5, 5.41) is 17.9. The fraction of sp³-hybridized carbons (Fsp3) is 0.364. The molecule has 0 radical (unpaired) electrons. The molecule has 1 atom stereocenters. The van der Waals surface area contributed by atoms with E-state index in [-0.39, 0.29) is 12.2 Å². The van der Waals surface area contributed by atoms with Gasteiger partial charge in [0, 0.05) is 16.3 Å². The van der Waals surface area contributed by atoms with Crippen LogP contribution < -0.4 is 10.5 Å². The lowest BCUT2D eigenvalue weighted by molar-refractivity contribution is -0.138. The van der Waals surface area contributed by atoms with Gasteiger partial charge in [-0.3, -0.25) is 4.79 Å². The fourth-order valence-corrected chi connectivity index (χ4v) is 2.14. The number of anilines is 1. The maximum absolute atomic E-state index is 10.4. The van der Waals surface area contributed by atoms with E-state index in [1.54, 1.807) is 25.3 Å². The van der Waals surface area contributed by atoms with E-state index in [9.17, 15) is 9.90 Å². The molecule has 4 N–H and O–H groups in total. The van der Waals surface area contributed by atoms with E-state index in [4.69, 9.17) is 15.6 Å². The zero-order valence-corrected chi connectivity index (χ0v) is 10.2. The molecule has 0 amide bonds. The van der Waals surface area contributed by atoms with Crippen LogP contribution in [-0.2, 0) is 4.79 Å². The summed E-state index contributed by atoms with van der Waals surface area (Å²) in [6, 6.07) is 5.21. The average molecular weight is 257 g/mol. The van der Waals surface area contributed by atoms with Crippen LogP contribution >= 0.6 is 11.8 Å². The summed E-state index contributed by atoms with van der Waals surface area (Å²) >= 11 is 1.31. The van der Waals surface area contributed by atoms with Crippen molar-refractivity contribution >= 4 is 23.4 Å². The number of carbonyl (C=O) groups is 1. The van der Waals surface area contributed by atoms with Crippen molar-refractivity contribution < 1.29 is 19.7 Å². The molecule has 17 heavy (non-hydrogen) atoms. The predicted molar refractivity (Wildman–Crippen MR) is 66.4 cm³/mol. The van der Waals surface area contributed by atoms with Crippen molar-refractivity contribution in [1.82, 2.24) is 0 Å². The van der Waals surface area contributed by atoms with Crippen molar-refractivity contribution in [2.24, 2.45) is 0 Å². The lowest BCUT2D eigenvalue weighted by Crippen LogP contribution is -2.15. The van der Waals surface area contributed by atoms with Crippen LogP contribution in [0.15, 0.2) is 23.1 Å². The van der Waals surface area contributed by atoms with Gasteiger partial charge in [0.1, 0.15) is 5.75 Å². The van der Waals surface area contributed by atoms with Crippen LogP contribution in [0.5, 0.6) is 5.75 Å². The number of nitrogen functional groups attached to an aromatic ring is 1. The highest BCUT2D eigenvalue weighted by atomic mass is 32.2. The lowest BCUT2D eigenvalue weighted by Gasteiger charge is -2.10. The Kier molecular flexibility index (Phi) is 5.11. The largest absolute Gasteiger partial charge is 0.497 e. The van der Waals surface area contributed by atoms with E-state index in [2.05, 4.69) is 0 Å². The minimum atomic E-state index is -1.02. The highest BCUT2D eigenvalue weighted by molar-refractivity contribution is 7.99. The zero-order chi connectivity index (χ0) is 12.8. The minimum absolute atomic E-state index is 0.267. The third-order valence-corrected chi connectivity index (χ3v) is 3.28. The molecule has 1 rings (SSSR count). The number of carboxylic acids is 1. The fourth-order valence-electron chi connectivity index (χ4n) is 1.21. The molecule has 6 heteroatoms. The Bertz CT molecular complexity index is 397. The smallest absolute Gasteiger partial charge is 0.306 e. The molecule has 0 bridgehead atoms. The number of aliphatic hydroxyl groups excluding tert-OH is 1. The summed E-state index contributed by atoms with van der Waals surface area (Å²) < 4.78 is 5.06. The van der Waals surface area contributed by atoms with Crippen LogP contribution in [0.3, 0.4) is 0 Å². The van der Waals surface area contributed by atoms with E-state index in [1.165, 1.54) is 11.8 Å². The van der Waals surface area contributed by atoms with Gasteiger partial charge in [-0.25, -0.2) is 0 Å². The third-order valence-electron chi connectivity index (χ3n) is 2.06. The Balaban J connectivity index is 2.59. The monoisotopic (exact) mass is 257 g/mol. The topological polar surface area (TPSA) is 92.8 Å². The van der Waals surface area contributed by atoms with E-state index >= 15 is 0 Å². The molecule has 1 aromatic rings. The molecule has 5 nitrogen and oxygen atoms in total. The molecule has 1 aromatic carbocycles. The number of carboxylic acid groups (broad SMARTS) is 1. The number of aliphatic carboxylic acids is 1. The van der Waals surface area contributed by atoms with Crippen LogP contribution in [-0.4, -0.2) is 35.1 Å². The van der Waals surface area contributed by atoms with Gasteiger partial charge in [-0.15, -0.1) is 11.8 Å². The first-order valence-corrected chi connectivity index (χ1v) is 5.97. The second-order valence-corrected chi connectivity index (χ2v) is 4.53. The molecule has 0 aliphatic rings. The number of benzene rings is 1. The van der Waals surface area contributed by atoms with Crippen LogP contribution in [0.1, 0.15) is 6.42 Å². The standard InChI is InChI=1S/C11H15NO4S/c1-16-8-2-3-9(12)10(5-8)17-6-7(13)4-11(14)15/h2-3,5,7,13H,4,6,12H2,1H3,(H,14,15). The highest BCUT2D eigenvalue weighted by Gasteiger charge is 2.11. The van der Waals surface area contributed by atoms with E-state index in [1.807, 2.05) is 0 Å². The van der Waals surface area contributed by atoms with Gasteiger partial charge in [-0.05, 0) is 18.2 Å². The van der Waals surface area contributed by atoms with Gasteiger partial charge < -0.3 is 20.7 Å².